The van der Waals surface area contributed by atoms with Crippen LogP contribution in [0.2, 0.25) is 0 Å². The van der Waals surface area contributed by atoms with E-state index in [1.165, 1.54) is 5.57 Å². The molecule has 0 aromatic carbocycles. The zero-order chi connectivity index (χ0) is 17.8. The Morgan fingerprint density at radius 2 is 2.12 bits per heavy atom. The lowest BCUT2D eigenvalue weighted by molar-refractivity contribution is -0.297. The summed E-state index contributed by atoms with van der Waals surface area (Å²) in [5.74, 6) is 0.912. The molecule has 0 aromatic rings. The molecule has 5 atom stereocenters. The molecule has 0 spiro atoms. The van der Waals surface area contributed by atoms with Crippen molar-refractivity contribution in [2.45, 2.75) is 77.1 Å². The molecule has 1 aliphatic heterocycles. The molecule has 3 aliphatic rings. The number of ketones is 1. The molecule has 4 heteroatoms. The molecule has 1 saturated heterocycles. The van der Waals surface area contributed by atoms with Crippen molar-refractivity contribution in [3.05, 3.63) is 24.3 Å². The second kappa shape index (κ2) is 5.79. The van der Waals surface area contributed by atoms with Crippen molar-refractivity contribution >= 4 is 5.78 Å². The Morgan fingerprint density at radius 1 is 1.42 bits per heavy atom. The van der Waals surface area contributed by atoms with Crippen LogP contribution in [0.15, 0.2) is 24.3 Å². The number of ether oxygens (including phenoxy) is 1. The largest absolute Gasteiger partial charge is 0.366 e. The molecule has 3 fully saturated rings. The van der Waals surface area contributed by atoms with Crippen LogP contribution in [-0.2, 0) is 14.4 Å². The van der Waals surface area contributed by atoms with E-state index in [4.69, 9.17) is 9.99 Å². The third kappa shape index (κ3) is 3.00. The Balaban J connectivity index is 1.74. The van der Waals surface area contributed by atoms with Crippen LogP contribution in [0.3, 0.4) is 0 Å². The molecule has 0 unspecified atom stereocenters. The van der Waals surface area contributed by atoms with Crippen LogP contribution in [0.4, 0.5) is 0 Å². The third-order valence-corrected chi connectivity index (χ3v) is 6.62. The minimum Gasteiger partial charge on any atom is -0.366 e. The Labute approximate surface area is 144 Å². The van der Waals surface area contributed by atoms with Crippen LogP contribution in [0.25, 0.3) is 0 Å². The van der Waals surface area contributed by atoms with Gasteiger partial charge in [-0.15, -0.1) is 0 Å². The fourth-order valence-electron chi connectivity index (χ4n) is 4.58. The maximum absolute atomic E-state index is 12.8. The van der Waals surface area contributed by atoms with E-state index in [1.807, 2.05) is 0 Å². The third-order valence-electron chi connectivity index (χ3n) is 6.62. The van der Waals surface area contributed by atoms with Gasteiger partial charge in [0.05, 0.1) is 11.7 Å². The van der Waals surface area contributed by atoms with E-state index in [-0.39, 0.29) is 16.8 Å². The summed E-state index contributed by atoms with van der Waals surface area (Å²) in [4.78, 5) is 17.2. The second-order valence-corrected chi connectivity index (χ2v) is 8.88. The van der Waals surface area contributed by atoms with E-state index in [1.54, 1.807) is 26.0 Å². The molecule has 0 bridgehead atoms. The van der Waals surface area contributed by atoms with Crippen molar-refractivity contribution in [2.24, 2.45) is 17.3 Å². The van der Waals surface area contributed by atoms with Crippen molar-refractivity contribution in [2.75, 3.05) is 0 Å². The Bertz CT molecular complexity index is 578. The quantitative estimate of drug-likeness (QED) is 0.274. The van der Waals surface area contributed by atoms with Crippen molar-refractivity contribution in [1.82, 2.24) is 0 Å². The molecule has 0 amide bonds. The molecule has 3 rings (SSSR count). The summed E-state index contributed by atoms with van der Waals surface area (Å²) in [6.45, 7) is 12.0. The highest BCUT2D eigenvalue weighted by Crippen LogP contribution is 2.60. The smallest absolute Gasteiger partial charge is 0.161 e. The zero-order valence-corrected chi connectivity index (χ0v) is 15.3. The first-order chi connectivity index (χ1) is 11.1. The molecular formula is C20H30O4. The number of rotatable bonds is 4. The second-order valence-electron chi connectivity index (χ2n) is 8.88. The van der Waals surface area contributed by atoms with Gasteiger partial charge in [-0.25, -0.2) is 4.89 Å². The number of fused-ring (bicyclic) bond motifs is 2. The normalized spacial score (nSPS) is 42.4. The lowest BCUT2D eigenvalue weighted by Gasteiger charge is -2.53. The number of hydrogen-bond donors (Lipinski definition) is 1. The highest BCUT2D eigenvalue weighted by atomic mass is 17.1. The van der Waals surface area contributed by atoms with Crippen LogP contribution < -0.4 is 0 Å². The first kappa shape index (κ1) is 17.8. The molecule has 0 radical (unpaired) electrons. The molecule has 134 valence electrons. The van der Waals surface area contributed by atoms with E-state index in [0.29, 0.717) is 17.9 Å². The molecule has 2 aliphatic carbocycles. The molecule has 1 heterocycles. The van der Waals surface area contributed by atoms with Crippen molar-refractivity contribution in [1.29, 1.82) is 0 Å². The van der Waals surface area contributed by atoms with Crippen molar-refractivity contribution in [3.63, 3.8) is 0 Å². The van der Waals surface area contributed by atoms with E-state index < -0.39 is 5.60 Å². The first-order valence-electron chi connectivity index (χ1n) is 9.03. The molecule has 24 heavy (non-hydrogen) atoms. The minimum absolute atomic E-state index is 0.0112. The summed E-state index contributed by atoms with van der Waals surface area (Å²) in [5.41, 5.74) is 0.102. The van der Waals surface area contributed by atoms with Gasteiger partial charge >= 0.3 is 0 Å². The maximum Gasteiger partial charge on any atom is 0.161 e. The number of carbonyl (C=O) groups is 1. The fourth-order valence-corrected chi connectivity index (χ4v) is 4.58. The predicted octanol–water partition coefficient (Wildman–Crippen LogP) is 4.31. The van der Waals surface area contributed by atoms with E-state index >= 15 is 0 Å². The minimum atomic E-state index is -0.847. The first-order valence-corrected chi connectivity index (χ1v) is 9.03. The number of hydrogen-bond acceptors (Lipinski definition) is 4. The number of allylic oxidation sites excluding steroid dienone is 2. The van der Waals surface area contributed by atoms with Gasteiger partial charge in [-0.3, -0.25) is 10.1 Å². The van der Waals surface area contributed by atoms with E-state index in [2.05, 4.69) is 25.3 Å². The topological polar surface area (TPSA) is 59.1 Å². The van der Waals surface area contributed by atoms with Crippen LogP contribution in [0.5, 0.6) is 0 Å². The van der Waals surface area contributed by atoms with Gasteiger partial charge in [-0.2, -0.15) is 0 Å². The zero-order valence-electron chi connectivity index (χ0n) is 15.3. The Morgan fingerprint density at radius 3 is 2.79 bits per heavy atom. The average Bonchev–Trinajstić information content (AvgIpc) is 3.16. The van der Waals surface area contributed by atoms with Gasteiger partial charge in [0.25, 0.3) is 0 Å². The summed E-state index contributed by atoms with van der Waals surface area (Å²) < 4.78 is 5.89. The fraction of sp³-hybridized carbons (Fsp3) is 0.750. The van der Waals surface area contributed by atoms with Crippen molar-refractivity contribution in [3.8, 4) is 0 Å². The number of epoxide rings is 1. The monoisotopic (exact) mass is 334 g/mol. The molecule has 1 N–H and O–H groups in total. The number of carbonyl (C=O) groups excluding carboxylic acids is 1. The Hall–Kier alpha value is -0.970. The Kier molecular flexibility index (Phi) is 4.30. The standard InChI is InChI=1S/C20H30O4/c1-13-6-7-17-20(5,23-17)11-8-15-14(13)12-19(15,4)16(21)9-10-18(2,3)24-22/h9-10,14-15,17,22H,1,6-8,11-12H2,2-5H3/b10-9+/t14-,15-,17-,19-,20+/m0/s1. The van der Waals surface area contributed by atoms with Crippen LogP contribution >= 0.6 is 0 Å². The van der Waals surface area contributed by atoms with E-state index in [9.17, 15) is 4.79 Å². The lowest BCUT2D eigenvalue weighted by atomic mass is 9.49. The average molecular weight is 334 g/mol. The van der Waals surface area contributed by atoms with Gasteiger partial charge < -0.3 is 4.74 Å². The van der Waals surface area contributed by atoms with E-state index in [0.717, 1.165) is 32.1 Å². The summed E-state index contributed by atoms with van der Waals surface area (Å²) in [5, 5.41) is 8.88. The van der Waals surface area contributed by atoms with Crippen LogP contribution in [-0.4, -0.2) is 28.3 Å². The molecular weight excluding hydrogens is 304 g/mol. The molecule has 0 aromatic heterocycles. The van der Waals surface area contributed by atoms with Crippen LogP contribution in [0, 0.1) is 17.3 Å². The SMILES string of the molecule is C=C1CC[C@@H]2O[C@]2(C)CC[C@H]2[C@H]1C[C@]2(C)C(=O)/C=C/C(C)(C)OO. The summed E-state index contributed by atoms with van der Waals surface area (Å²) in [6, 6.07) is 0. The molecule has 4 nitrogen and oxygen atoms in total. The predicted molar refractivity (Wildman–Crippen MR) is 92.5 cm³/mol. The lowest BCUT2D eigenvalue weighted by Crippen LogP contribution is -2.51. The van der Waals surface area contributed by atoms with Gasteiger partial charge in [-0.05, 0) is 76.9 Å². The van der Waals surface area contributed by atoms with Gasteiger partial charge in [0.1, 0.15) is 5.60 Å². The summed E-state index contributed by atoms with van der Waals surface area (Å²) >= 11 is 0. The van der Waals surface area contributed by atoms with Gasteiger partial charge in [-0.1, -0.05) is 19.1 Å². The van der Waals surface area contributed by atoms with Gasteiger partial charge in [0.15, 0.2) is 5.78 Å². The highest BCUT2D eigenvalue weighted by Gasteiger charge is 2.58. The van der Waals surface area contributed by atoms with Gasteiger partial charge in [0, 0.05) is 5.41 Å². The summed E-state index contributed by atoms with van der Waals surface area (Å²) in [6.07, 6.45) is 8.56. The summed E-state index contributed by atoms with van der Waals surface area (Å²) in [7, 11) is 0. The molecule has 2 saturated carbocycles. The van der Waals surface area contributed by atoms with Gasteiger partial charge in [0.2, 0.25) is 0 Å². The van der Waals surface area contributed by atoms with Crippen molar-refractivity contribution < 1.29 is 19.7 Å². The van der Waals surface area contributed by atoms with Crippen LogP contribution in [0.1, 0.15) is 59.8 Å². The maximum atomic E-state index is 12.8. The highest BCUT2D eigenvalue weighted by molar-refractivity contribution is 5.95.